The van der Waals surface area contributed by atoms with Gasteiger partial charge in [-0.15, -0.1) is 0 Å². The minimum Gasteiger partial charge on any atom is -0.467 e. The highest BCUT2D eigenvalue weighted by molar-refractivity contribution is 6.32. The van der Waals surface area contributed by atoms with Crippen LogP contribution in [0.5, 0.6) is 5.88 Å². The van der Waals surface area contributed by atoms with Gasteiger partial charge in [0.1, 0.15) is 0 Å². The van der Waals surface area contributed by atoms with Gasteiger partial charge in [0.2, 0.25) is 5.88 Å². The minimum atomic E-state index is -4.68. The number of hydrogen-bond acceptors (Lipinski definition) is 4. The zero-order valence-corrected chi connectivity index (χ0v) is 16.0. The van der Waals surface area contributed by atoms with E-state index in [0.29, 0.717) is 11.9 Å². The van der Waals surface area contributed by atoms with Crippen LogP contribution in [0, 0.1) is 0 Å². The van der Waals surface area contributed by atoms with Gasteiger partial charge in [0.15, 0.2) is 18.1 Å². The van der Waals surface area contributed by atoms with Crippen LogP contribution in [0.2, 0.25) is 5.02 Å². The summed E-state index contributed by atoms with van der Waals surface area (Å²) in [5, 5.41) is 13.0. The summed E-state index contributed by atoms with van der Waals surface area (Å²) in [7, 11) is 0. The van der Waals surface area contributed by atoms with Crippen LogP contribution >= 0.6 is 11.6 Å². The number of carbonyl (C=O) groups excluding carboxylic acids is 1. The number of nitrogens with one attached hydrogen (secondary N) is 2. The summed E-state index contributed by atoms with van der Waals surface area (Å²) in [5.41, 5.74) is -0.115. The molecule has 2 N–H and O–H groups in total. The van der Waals surface area contributed by atoms with E-state index in [0.717, 1.165) is 23.2 Å². The van der Waals surface area contributed by atoms with Gasteiger partial charge in [-0.25, -0.2) is 0 Å². The van der Waals surface area contributed by atoms with Gasteiger partial charge in [-0.3, -0.25) is 9.89 Å². The zero-order chi connectivity index (χ0) is 21.0. The van der Waals surface area contributed by atoms with Gasteiger partial charge >= 0.3 is 6.18 Å². The Kier molecular flexibility index (Phi) is 6.12. The lowest BCUT2D eigenvalue weighted by molar-refractivity contribution is -0.141. The van der Waals surface area contributed by atoms with Crippen molar-refractivity contribution in [2.24, 2.45) is 0 Å². The monoisotopic (exact) mass is 427 g/mol. The maximum Gasteiger partial charge on any atom is 0.435 e. The second-order valence-electron chi connectivity index (χ2n) is 6.09. The third-order valence-electron chi connectivity index (χ3n) is 3.82. The van der Waals surface area contributed by atoms with Gasteiger partial charge in [-0.2, -0.15) is 28.1 Å². The summed E-state index contributed by atoms with van der Waals surface area (Å²) < 4.78 is 45.5. The molecular weight excluding hydrogens is 411 g/mol. The summed E-state index contributed by atoms with van der Waals surface area (Å²) in [4.78, 5) is 12.1. The maximum atomic E-state index is 13.1. The van der Waals surface area contributed by atoms with Crippen LogP contribution in [0.15, 0.2) is 36.4 Å². The molecule has 1 amide bonds. The Morgan fingerprint density at radius 1 is 1.31 bits per heavy atom. The summed E-state index contributed by atoms with van der Waals surface area (Å²) in [5.74, 6) is -0.549. The number of hydrogen-bond donors (Lipinski definition) is 2. The second-order valence-corrected chi connectivity index (χ2v) is 6.50. The van der Waals surface area contributed by atoms with Crippen molar-refractivity contribution in [2.45, 2.75) is 25.9 Å². The van der Waals surface area contributed by atoms with Crippen molar-refractivity contribution in [3.8, 4) is 11.6 Å². The Morgan fingerprint density at radius 3 is 2.76 bits per heavy atom. The summed E-state index contributed by atoms with van der Waals surface area (Å²) in [6.07, 6.45) is -3.00. The summed E-state index contributed by atoms with van der Waals surface area (Å²) in [6, 6.07) is 8.61. The SMILES string of the molecule is CCCc1cc(NC(=O)COc2cc(C(F)(F)F)nn2-c2ccccc2Cl)n[nH]1. The number of H-pyrrole nitrogens is 1. The smallest absolute Gasteiger partial charge is 0.435 e. The number of aromatic nitrogens is 4. The zero-order valence-electron chi connectivity index (χ0n) is 15.3. The molecule has 154 valence electrons. The van der Waals surface area contributed by atoms with Crippen LogP contribution in [0.4, 0.5) is 19.0 Å². The van der Waals surface area contributed by atoms with Gasteiger partial charge in [0.05, 0.1) is 10.7 Å². The molecule has 2 heterocycles. The molecule has 0 saturated carbocycles. The molecule has 0 aliphatic heterocycles. The van der Waals surface area contributed by atoms with Crippen LogP contribution in [0.1, 0.15) is 24.7 Å². The number of carbonyl (C=O) groups is 1. The number of ether oxygens (including phenoxy) is 1. The van der Waals surface area contributed by atoms with Crippen molar-refractivity contribution >= 4 is 23.3 Å². The number of nitrogens with zero attached hydrogens (tertiary/aromatic N) is 3. The van der Waals surface area contributed by atoms with Crippen molar-refractivity contribution in [2.75, 3.05) is 11.9 Å². The lowest BCUT2D eigenvalue weighted by Crippen LogP contribution is -2.21. The van der Waals surface area contributed by atoms with Crippen LogP contribution in [-0.2, 0) is 17.4 Å². The predicted octanol–water partition coefficient (Wildman–Crippen LogP) is 4.24. The largest absolute Gasteiger partial charge is 0.467 e. The van der Waals surface area contributed by atoms with E-state index in [4.69, 9.17) is 16.3 Å². The lowest BCUT2D eigenvalue weighted by atomic mass is 10.2. The first-order chi connectivity index (χ1) is 13.8. The van der Waals surface area contributed by atoms with E-state index in [1.807, 2.05) is 6.92 Å². The third-order valence-corrected chi connectivity index (χ3v) is 4.14. The molecule has 0 atom stereocenters. The molecule has 2 aromatic heterocycles. The van der Waals surface area contributed by atoms with E-state index < -0.39 is 24.4 Å². The van der Waals surface area contributed by atoms with Crippen molar-refractivity contribution in [3.05, 3.63) is 52.8 Å². The van der Waals surface area contributed by atoms with Gasteiger partial charge in [0.25, 0.3) is 5.91 Å². The Morgan fingerprint density at radius 2 is 2.07 bits per heavy atom. The number of halogens is 4. The normalized spacial score (nSPS) is 11.5. The Labute approximate surface area is 168 Å². The number of amides is 1. The number of rotatable bonds is 7. The molecule has 3 rings (SSSR count). The fraction of sp³-hybridized carbons (Fsp3) is 0.278. The van der Waals surface area contributed by atoms with Gasteiger partial charge in [-0.1, -0.05) is 37.1 Å². The second kappa shape index (κ2) is 8.56. The first-order valence-electron chi connectivity index (χ1n) is 8.67. The molecule has 0 radical (unpaired) electrons. The predicted molar refractivity (Wildman–Crippen MR) is 100 cm³/mol. The molecule has 3 aromatic rings. The number of benzene rings is 1. The first-order valence-corrected chi connectivity index (χ1v) is 9.05. The molecular formula is C18H17ClF3N5O2. The maximum absolute atomic E-state index is 13.1. The molecule has 0 bridgehead atoms. The Bertz CT molecular complexity index is 1000. The molecule has 29 heavy (non-hydrogen) atoms. The molecule has 0 unspecified atom stereocenters. The van der Waals surface area contributed by atoms with E-state index in [-0.39, 0.29) is 16.6 Å². The molecule has 0 aliphatic rings. The van der Waals surface area contributed by atoms with Gasteiger partial charge < -0.3 is 10.1 Å². The van der Waals surface area contributed by atoms with Crippen LogP contribution in [-0.4, -0.2) is 32.5 Å². The van der Waals surface area contributed by atoms with Gasteiger partial charge in [-0.05, 0) is 18.6 Å². The number of aryl methyl sites for hydroxylation is 1. The lowest BCUT2D eigenvalue weighted by Gasteiger charge is -2.10. The molecule has 7 nitrogen and oxygen atoms in total. The highest BCUT2D eigenvalue weighted by Crippen LogP contribution is 2.33. The summed E-state index contributed by atoms with van der Waals surface area (Å²) in [6.45, 7) is 1.47. The van der Waals surface area contributed by atoms with Crippen molar-refractivity contribution in [1.29, 1.82) is 0 Å². The van der Waals surface area contributed by atoms with E-state index in [1.54, 1.807) is 18.2 Å². The number of para-hydroxylation sites is 1. The van der Waals surface area contributed by atoms with Gasteiger partial charge in [0, 0.05) is 17.8 Å². The summed E-state index contributed by atoms with van der Waals surface area (Å²) >= 11 is 6.06. The molecule has 0 saturated heterocycles. The van der Waals surface area contributed by atoms with E-state index in [9.17, 15) is 18.0 Å². The van der Waals surface area contributed by atoms with Crippen LogP contribution < -0.4 is 10.1 Å². The fourth-order valence-corrected chi connectivity index (χ4v) is 2.76. The highest BCUT2D eigenvalue weighted by Gasteiger charge is 2.36. The number of alkyl halides is 3. The number of anilines is 1. The van der Waals surface area contributed by atoms with E-state index >= 15 is 0 Å². The molecule has 0 aliphatic carbocycles. The van der Waals surface area contributed by atoms with E-state index in [1.165, 1.54) is 12.1 Å². The highest BCUT2D eigenvalue weighted by atomic mass is 35.5. The molecule has 0 fully saturated rings. The molecule has 11 heteroatoms. The minimum absolute atomic E-state index is 0.179. The Hall–Kier alpha value is -3.01. The first kappa shape index (κ1) is 20.7. The van der Waals surface area contributed by atoms with Crippen molar-refractivity contribution < 1.29 is 22.7 Å². The fourth-order valence-electron chi connectivity index (χ4n) is 2.54. The molecule has 0 spiro atoms. The average Bonchev–Trinajstić information content (AvgIpc) is 3.27. The van der Waals surface area contributed by atoms with Crippen LogP contribution in [0.25, 0.3) is 5.69 Å². The Balaban J connectivity index is 1.76. The van der Waals surface area contributed by atoms with Crippen molar-refractivity contribution in [3.63, 3.8) is 0 Å². The number of aromatic amines is 1. The van der Waals surface area contributed by atoms with Crippen molar-refractivity contribution in [1.82, 2.24) is 20.0 Å². The standard InChI is InChI=1S/C18H17ClF3N5O2/c1-2-5-11-8-15(25-24-11)23-16(28)10-29-17-9-14(18(20,21)22)26-27(17)13-7-4-3-6-12(13)19/h3-4,6-9H,2,5,10H2,1H3,(H2,23,24,25,28). The van der Waals surface area contributed by atoms with Crippen LogP contribution in [0.3, 0.4) is 0 Å². The quantitative estimate of drug-likeness (QED) is 0.590. The average molecular weight is 428 g/mol. The topological polar surface area (TPSA) is 84.8 Å². The molecule has 1 aromatic carbocycles. The third kappa shape index (κ3) is 5.08. The van der Waals surface area contributed by atoms with E-state index in [2.05, 4.69) is 20.6 Å².